The molecule has 0 aromatic heterocycles. The van der Waals surface area contributed by atoms with Crippen molar-refractivity contribution in [2.75, 3.05) is 13.2 Å². The molecule has 0 saturated carbocycles. The van der Waals surface area contributed by atoms with Crippen molar-refractivity contribution in [2.24, 2.45) is 0 Å². The highest BCUT2D eigenvalue weighted by Gasteiger charge is 2.32. The van der Waals surface area contributed by atoms with E-state index in [1.165, 1.54) is 5.56 Å². The number of ether oxygens (including phenoxy) is 1. The quantitative estimate of drug-likeness (QED) is 0.809. The van der Waals surface area contributed by atoms with Crippen LogP contribution in [0.5, 0.6) is 0 Å². The molecule has 0 amide bonds. The van der Waals surface area contributed by atoms with Gasteiger partial charge in [-0.05, 0) is 29.4 Å². The Morgan fingerprint density at radius 3 is 2.29 bits per heavy atom. The Balaban J connectivity index is 2.23. The van der Waals surface area contributed by atoms with Crippen LogP contribution in [0.2, 0.25) is 0 Å². The maximum absolute atomic E-state index is 10.5. The average Bonchev–Trinajstić information content (AvgIpc) is 2.29. The van der Waals surface area contributed by atoms with E-state index in [1.54, 1.807) is 0 Å². The van der Waals surface area contributed by atoms with Gasteiger partial charge in [0, 0.05) is 6.61 Å². The Hall–Kier alpha value is -0.860. The summed E-state index contributed by atoms with van der Waals surface area (Å²) in [6.45, 7) is 7.77. The van der Waals surface area contributed by atoms with Crippen LogP contribution in [-0.4, -0.2) is 18.3 Å². The molecular formula is C15H22O2. The zero-order valence-electron chi connectivity index (χ0n) is 11.0. The zero-order valence-corrected chi connectivity index (χ0v) is 11.0. The van der Waals surface area contributed by atoms with E-state index in [4.69, 9.17) is 4.74 Å². The van der Waals surface area contributed by atoms with Gasteiger partial charge in [0.1, 0.15) is 5.60 Å². The van der Waals surface area contributed by atoms with Crippen molar-refractivity contribution < 1.29 is 9.84 Å². The molecule has 1 aromatic carbocycles. The molecule has 2 nitrogen and oxygen atoms in total. The van der Waals surface area contributed by atoms with Gasteiger partial charge in [-0.25, -0.2) is 0 Å². The number of hydrogen-bond donors (Lipinski definition) is 1. The van der Waals surface area contributed by atoms with Gasteiger partial charge in [0.05, 0.1) is 6.61 Å². The summed E-state index contributed by atoms with van der Waals surface area (Å²) in [5.41, 5.74) is 1.64. The topological polar surface area (TPSA) is 29.5 Å². The van der Waals surface area contributed by atoms with Gasteiger partial charge in [-0.3, -0.25) is 0 Å². The normalized spacial score (nSPS) is 25.9. The van der Waals surface area contributed by atoms with E-state index >= 15 is 0 Å². The summed E-state index contributed by atoms with van der Waals surface area (Å²) in [6, 6.07) is 8.30. The molecule has 1 fully saturated rings. The van der Waals surface area contributed by atoms with E-state index in [9.17, 15) is 5.11 Å². The lowest BCUT2D eigenvalue weighted by molar-refractivity contribution is -0.0902. The van der Waals surface area contributed by atoms with Gasteiger partial charge in [-0.15, -0.1) is 0 Å². The second-order valence-corrected chi connectivity index (χ2v) is 6.02. The molecule has 1 unspecified atom stereocenters. The fraction of sp³-hybridized carbons (Fsp3) is 0.600. The van der Waals surface area contributed by atoms with E-state index < -0.39 is 5.60 Å². The molecule has 94 valence electrons. The van der Waals surface area contributed by atoms with Crippen LogP contribution in [-0.2, 0) is 15.8 Å². The van der Waals surface area contributed by atoms with Crippen LogP contribution in [0.4, 0.5) is 0 Å². The summed E-state index contributed by atoms with van der Waals surface area (Å²) >= 11 is 0. The highest BCUT2D eigenvalue weighted by Crippen LogP contribution is 2.31. The summed E-state index contributed by atoms with van der Waals surface area (Å²) in [5.74, 6) is 0. The van der Waals surface area contributed by atoms with Crippen molar-refractivity contribution in [3.63, 3.8) is 0 Å². The first-order chi connectivity index (χ1) is 7.92. The highest BCUT2D eigenvalue weighted by atomic mass is 16.5. The van der Waals surface area contributed by atoms with Gasteiger partial charge in [-0.2, -0.15) is 0 Å². The first-order valence-electron chi connectivity index (χ1n) is 6.33. The summed E-state index contributed by atoms with van der Waals surface area (Å²) in [5, 5.41) is 10.5. The Kier molecular flexibility index (Phi) is 3.28. The van der Waals surface area contributed by atoms with Crippen LogP contribution >= 0.6 is 0 Å². The molecule has 1 saturated heterocycles. The van der Waals surface area contributed by atoms with Gasteiger partial charge < -0.3 is 9.84 Å². The number of aliphatic hydroxyl groups is 1. The maximum Gasteiger partial charge on any atom is 0.113 e. The van der Waals surface area contributed by atoms with Crippen LogP contribution in [0.1, 0.15) is 44.7 Å². The van der Waals surface area contributed by atoms with Gasteiger partial charge in [0.2, 0.25) is 0 Å². The van der Waals surface area contributed by atoms with Crippen molar-refractivity contribution >= 4 is 0 Å². The summed E-state index contributed by atoms with van der Waals surface area (Å²) in [6.07, 6.45) is 1.72. The second-order valence-electron chi connectivity index (χ2n) is 6.02. The van der Waals surface area contributed by atoms with Gasteiger partial charge >= 0.3 is 0 Å². The summed E-state index contributed by atoms with van der Waals surface area (Å²) < 4.78 is 5.39. The first-order valence-corrected chi connectivity index (χ1v) is 6.33. The minimum atomic E-state index is -0.783. The van der Waals surface area contributed by atoms with Gasteiger partial charge in [-0.1, -0.05) is 45.0 Å². The monoisotopic (exact) mass is 234 g/mol. The largest absolute Gasteiger partial charge is 0.383 e. The first kappa shape index (κ1) is 12.6. The van der Waals surface area contributed by atoms with Crippen molar-refractivity contribution in [2.45, 2.75) is 44.6 Å². The zero-order chi connectivity index (χ0) is 12.5. The van der Waals surface area contributed by atoms with Crippen LogP contribution in [0.25, 0.3) is 0 Å². The van der Waals surface area contributed by atoms with Gasteiger partial charge in [0.25, 0.3) is 0 Å². The number of rotatable bonds is 1. The van der Waals surface area contributed by atoms with Crippen LogP contribution in [0.3, 0.4) is 0 Å². The summed E-state index contributed by atoms with van der Waals surface area (Å²) in [7, 11) is 0. The molecule has 1 heterocycles. The number of hydrogen-bond acceptors (Lipinski definition) is 2. The molecule has 1 aliphatic rings. The average molecular weight is 234 g/mol. The molecule has 1 atom stereocenters. The van der Waals surface area contributed by atoms with E-state index in [0.29, 0.717) is 6.61 Å². The lowest BCUT2D eigenvalue weighted by Gasteiger charge is -2.32. The molecule has 1 aliphatic heterocycles. The molecular weight excluding hydrogens is 212 g/mol. The molecule has 1 aromatic rings. The van der Waals surface area contributed by atoms with Gasteiger partial charge in [0.15, 0.2) is 0 Å². The van der Waals surface area contributed by atoms with Crippen molar-refractivity contribution in [1.29, 1.82) is 0 Å². The van der Waals surface area contributed by atoms with Crippen molar-refractivity contribution in [1.82, 2.24) is 0 Å². The fourth-order valence-corrected chi connectivity index (χ4v) is 2.29. The molecule has 0 radical (unpaired) electrons. The second kappa shape index (κ2) is 4.43. The molecule has 0 aliphatic carbocycles. The Labute approximate surface area is 104 Å². The number of benzene rings is 1. The third-order valence-electron chi connectivity index (χ3n) is 3.51. The SMILES string of the molecule is CC(C)(C)c1ccc(C2(O)CCCOC2)cc1. The molecule has 17 heavy (non-hydrogen) atoms. The minimum absolute atomic E-state index is 0.157. The standard InChI is InChI=1S/C15H22O2/c1-14(2,3)12-5-7-13(8-6-12)15(16)9-4-10-17-11-15/h5-8,16H,4,9-11H2,1-3H3. The minimum Gasteiger partial charge on any atom is -0.383 e. The van der Waals surface area contributed by atoms with Crippen LogP contribution < -0.4 is 0 Å². The fourth-order valence-electron chi connectivity index (χ4n) is 2.29. The summed E-state index contributed by atoms with van der Waals surface area (Å²) in [4.78, 5) is 0. The van der Waals surface area contributed by atoms with E-state index in [0.717, 1.165) is 25.0 Å². The molecule has 2 rings (SSSR count). The predicted molar refractivity (Wildman–Crippen MR) is 69.1 cm³/mol. The third kappa shape index (κ3) is 2.70. The molecule has 0 spiro atoms. The highest BCUT2D eigenvalue weighted by molar-refractivity contribution is 5.31. The predicted octanol–water partition coefficient (Wildman–Crippen LogP) is 2.98. The molecule has 0 bridgehead atoms. The van der Waals surface area contributed by atoms with Crippen molar-refractivity contribution in [3.05, 3.63) is 35.4 Å². The van der Waals surface area contributed by atoms with Crippen LogP contribution in [0, 0.1) is 0 Å². The maximum atomic E-state index is 10.5. The van der Waals surface area contributed by atoms with Crippen molar-refractivity contribution in [3.8, 4) is 0 Å². The lowest BCUT2D eigenvalue weighted by atomic mass is 9.83. The smallest absolute Gasteiger partial charge is 0.113 e. The van der Waals surface area contributed by atoms with Crippen LogP contribution in [0.15, 0.2) is 24.3 Å². The molecule has 2 heteroatoms. The molecule has 1 N–H and O–H groups in total. The Morgan fingerprint density at radius 2 is 1.82 bits per heavy atom. The Bertz CT molecular complexity index is 367. The van der Waals surface area contributed by atoms with E-state index in [1.807, 2.05) is 12.1 Å². The third-order valence-corrected chi connectivity index (χ3v) is 3.51. The van der Waals surface area contributed by atoms with E-state index in [-0.39, 0.29) is 5.41 Å². The Morgan fingerprint density at radius 1 is 1.18 bits per heavy atom. The van der Waals surface area contributed by atoms with E-state index in [2.05, 4.69) is 32.9 Å². The lowest BCUT2D eigenvalue weighted by Crippen LogP contribution is -2.35.